The third kappa shape index (κ3) is 4.05. The Balaban J connectivity index is 1.75. The first-order chi connectivity index (χ1) is 15.4. The minimum absolute atomic E-state index is 0.144. The van der Waals surface area contributed by atoms with Crippen LogP contribution in [0.25, 0.3) is 21.3 Å². The normalized spacial score (nSPS) is 11.1. The lowest BCUT2D eigenvalue weighted by atomic mass is 10.0. The predicted molar refractivity (Wildman–Crippen MR) is 127 cm³/mol. The van der Waals surface area contributed by atoms with Gasteiger partial charge in [-0.1, -0.05) is 13.0 Å². The number of H-pyrrole nitrogens is 1. The summed E-state index contributed by atoms with van der Waals surface area (Å²) in [4.78, 5) is 35.0. The Kier molecular flexibility index (Phi) is 6.14. The van der Waals surface area contributed by atoms with E-state index >= 15 is 0 Å². The monoisotopic (exact) mass is 451 g/mol. The zero-order valence-electron chi connectivity index (χ0n) is 18.5. The molecule has 0 unspecified atom stereocenters. The number of fused-ring (bicyclic) bond motifs is 1. The molecule has 0 aliphatic rings. The van der Waals surface area contributed by atoms with Gasteiger partial charge in [-0.3, -0.25) is 14.2 Å². The number of nitrogens with one attached hydrogen (secondary N) is 1. The van der Waals surface area contributed by atoms with Gasteiger partial charge >= 0.3 is 0 Å². The van der Waals surface area contributed by atoms with Crippen LogP contribution in [0.5, 0.6) is 11.5 Å². The molecule has 0 fully saturated rings. The van der Waals surface area contributed by atoms with Crippen molar-refractivity contribution in [1.29, 1.82) is 0 Å². The average molecular weight is 452 g/mol. The molecule has 3 aromatic heterocycles. The first-order valence-corrected chi connectivity index (χ1v) is 11.2. The fourth-order valence-corrected chi connectivity index (χ4v) is 4.74. The highest BCUT2D eigenvalue weighted by molar-refractivity contribution is 7.19. The van der Waals surface area contributed by atoms with Crippen molar-refractivity contribution >= 4 is 21.6 Å². The maximum atomic E-state index is 13.4. The second kappa shape index (κ2) is 9.00. The Morgan fingerprint density at radius 1 is 1.16 bits per heavy atom. The molecule has 0 aliphatic carbocycles. The molecule has 0 amide bonds. The Morgan fingerprint density at radius 2 is 1.97 bits per heavy atom. The van der Waals surface area contributed by atoms with Gasteiger partial charge in [0.25, 0.3) is 5.56 Å². The fraction of sp³-hybridized carbons (Fsp3) is 0.292. The van der Waals surface area contributed by atoms with Crippen molar-refractivity contribution in [2.24, 2.45) is 0 Å². The van der Waals surface area contributed by atoms with Gasteiger partial charge in [0.2, 0.25) is 5.43 Å². The molecule has 8 heteroatoms. The minimum atomic E-state index is -0.213. The SMILES string of the molecule is CCCOc1c[nH]c(Cn2cnc3sc(C)c(-c4ccc(OC)c(C)c4)c3c2=O)cc1=O. The highest BCUT2D eigenvalue weighted by Gasteiger charge is 2.18. The molecule has 0 radical (unpaired) electrons. The van der Waals surface area contributed by atoms with Crippen molar-refractivity contribution < 1.29 is 9.47 Å². The quantitative estimate of drug-likeness (QED) is 0.453. The number of rotatable bonds is 7. The zero-order valence-corrected chi connectivity index (χ0v) is 19.3. The summed E-state index contributed by atoms with van der Waals surface area (Å²) in [5, 5.41) is 0.588. The van der Waals surface area contributed by atoms with Crippen LogP contribution in [0, 0.1) is 13.8 Å². The number of pyridine rings is 1. The van der Waals surface area contributed by atoms with Crippen LogP contribution in [-0.4, -0.2) is 28.3 Å². The van der Waals surface area contributed by atoms with E-state index in [1.54, 1.807) is 13.3 Å². The van der Waals surface area contributed by atoms with E-state index in [2.05, 4.69) is 9.97 Å². The van der Waals surface area contributed by atoms with E-state index in [9.17, 15) is 9.59 Å². The predicted octanol–water partition coefficient (Wildman–Crippen LogP) is 4.28. The lowest BCUT2D eigenvalue weighted by molar-refractivity contribution is 0.313. The van der Waals surface area contributed by atoms with E-state index in [4.69, 9.17) is 9.47 Å². The third-order valence-corrected chi connectivity index (χ3v) is 6.29. The highest BCUT2D eigenvalue weighted by Crippen LogP contribution is 2.37. The molecule has 7 nitrogen and oxygen atoms in total. The summed E-state index contributed by atoms with van der Waals surface area (Å²) in [6, 6.07) is 7.36. The van der Waals surface area contributed by atoms with Gasteiger partial charge in [0.1, 0.15) is 10.6 Å². The second-order valence-corrected chi connectivity index (χ2v) is 8.81. The van der Waals surface area contributed by atoms with Crippen LogP contribution in [-0.2, 0) is 6.54 Å². The number of methoxy groups -OCH3 is 1. The molecule has 0 saturated carbocycles. The molecule has 0 aliphatic heterocycles. The van der Waals surface area contributed by atoms with Crippen molar-refractivity contribution in [3.05, 3.63) is 73.5 Å². The molecule has 0 spiro atoms. The fourth-order valence-electron chi connectivity index (χ4n) is 3.73. The van der Waals surface area contributed by atoms with Crippen LogP contribution < -0.4 is 20.5 Å². The van der Waals surface area contributed by atoms with Crippen LogP contribution in [0.2, 0.25) is 0 Å². The molecular formula is C24H25N3O4S. The molecule has 4 rings (SSSR count). The van der Waals surface area contributed by atoms with Crippen molar-refractivity contribution in [2.45, 2.75) is 33.7 Å². The van der Waals surface area contributed by atoms with Crippen LogP contribution in [0.15, 0.2) is 46.4 Å². The lowest BCUT2D eigenvalue weighted by Crippen LogP contribution is -2.22. The highest BCUT2D eigenvalue weighted by atomic mass is 32.1. The summed E-state index contributed by atoms with van der Waals surface area (Å²) in [6.45, 7) is 6.64. The van der Waals surface area contributed by atoms with Crippen molar-refractivity contribution in [3.63, 3.8) is 0 Å². The number of ether oxygens (including phenoxy) is 2. The molecule has 1 aromatic carbocycles. The molecule has 0 atom stereocenters. The van der Waals surface area contributed by atoms with E-state index < -0.39 is 0 Å². The summed E-state index contributed by atoms with van der Waals surface area (Å²) in [5.74, 6) is 1.08. The first kappa shape index (κ1) is 21.8. The van der Waals surface area contributed by atoms with Gasteiger partial charge in [0.15, 0.2) is 5.75 Å². The summed E-state index contributed by atoms with van der Waals surface area (Å²) < 4.78 is 12.3. The number of hydrogen-bond acceptors (Lipinski definition) is 6. The number of aromatic nitrogens is 3. The van der Waals surface area contributed by atoms with Crippen LogP contribution in [0.4, 0.5) is 0 Å². The van der Waals surface area contributed by atoms with Gasteiger partial charge in [0.05, 0.1) is 32.0 Å². The molecule has 0 saturated heterocycles. The molecule has 3 heterocycles. The topological polar surface area (TPSA) is 86.2 Å². The number of nitrogens with zero attached hydrogens (tertiary/aromatic N) is 2. The Bertz CT molecular complexity index is 1400. The molecular weight excluding hydrogens is 426 g/mol. The smallest absolute Gasteiger partial charge is 0.263 e. The van der Waals surface area contributed by atoms with Gasteiger partial charge in [-0.05, 0) is 43.5 Å². The summed E-state index contributed by atoms with van der Waals surface area (Å²) in [6.07, 6.45) is 3.90. The Hall–Kier alpha value is -3.39. The largest absolute Gasteiger partial charge is 0.496 e. The number of benzene rings is 1. The molecule has 4 aromatic rings. The number of hydrogen-bond donors (Lipinski definition) is 1. The van der Waals surface area contributed by atoms with Gasteiger partial charge in [-0.15, -0.1) is 11.3 Å². The van der Waals surface area contributed by atoms with E-state index in [0.717, 1.165) is 33.7 Å². The third-order valence-electron chi connectivity index (χ3n) is 5.28. The van der Waals surface area contributed by atoms with Crippen molar-refractivity contribution in [3.8, 4) is 22.6 Å². The number of thiophene rings is 1. The number of aryl methyl sites for hydroxylation is 2. The van der Waals surface area contributed by atoms with Crippen LogP contribution in [0.1, 0.15) is 29.5 Å². The minimum Gasteiger partial charge on any atom is -0.496 e. The Morgan fingerprint density at radius 3 is 2.66 bits per heavy atom. The second-order valence-electron chi connectivity index (χ2n) is 7.61. The van der Waals surface area contributed by atoms with Crippen LogP contribution in [0.3, 0.4) is 0 Å². The average Bonchev–Trinajstić information content (AvgIpc) is 3.11. The molecule has 0 bridgehead atoms. The van der Waals surface area contributed by atoms with Gasteiger partial charge < -0.3 is 14.5 Å². The molecule has 32 heavy (non-hydrogen) atoms. The summed E-state index contributed by atoms with van der Waals surface area (Å²) in [5.41, 5.74) is 3.09. The van der Waals surface area contributed by atoms with Crippen LogP contribution >= 0.6 is 11.3 Å². The van der Waals surface area contributed by atoms with E-state index in [1.165, 1.54) is 28.3 Å². The number of aromatic amines is 1. The Labute approximate surface area is 189 Å². The van der Waals surface area contributed by atoms with E-state index in [-0.39, 0.29) is 23.3 Å². The first-order valence-electron chi connectivity index (χ1n) is 10.4. The molecule has 166 valence electrons. The maximum Gasteiger partial charge on any atom is 0.263 e. The van der Waals surface area contributed by atoms with Gasteiger partial charge in [0, 0.05) is 28.4 Å². The summed E-state index contributed by atoms with van der Waals surface area (Å²) >= 11 is 1.50. The van der Waals surface area contributed by atoms with Gasteiger partial charge in [-0.2, -0.15) is 0 Å². The van der Waals surface area contributed by atoms with Gasteiger partial charge in [-0.25, -0.2) is 4.98 Å². The van der Waals surface area contributed by atoms with Crippen molar-refractivity contribution in [2.75, 3.05) is 13.7 Å². The standard InChI is InChI=1S/C24H25N3O4S/c1-5-8-31-20-11-25-17(10-18(20)28)12-27-13-26-23-22(24(27)29)21(15(3)32-23)16-6-7-19(30-4)14(2)9-16/h6-7,9-11,13H,5,8,12H2,1-4H3,(H,25,28). The lowest BCUT2D eigenvalue weighted by Gasteiger charge is -2.10. The maximum absolute atomic E-state index is 13.4. The zero-order chi connectivity index (χ0) is 22.8. The summed E-state index contributed by atoms with van der Waals surface area (Å²) in [7, 11) is 1.64. The molecule has 1 N–H and O–H groups in total. The van der Waals surface area contributed by atoms with E-state index in [0.29, 0.717) is 22.5 Å². The van der Waals surface area contributed by atoms with Crippen molar-refractivity contribution in [1.82, 2.24) is 14.5 Å². The van der Waals surface area contributed by atoms with E-state index in [1.807, 2.05) is 39.0 Å².